The highest BCUT2D eigenvalue weighted by Crippen LogP contribution is 2.30. The number of anilines is 1. The molecule has 0 fully saturated rings. The molecule has 3 aromatic rings. The van der Waals surface area contributed by atoms with Gasteiger partial charge in [0.2, 0.25) is 0 Å². The van der Waals surface area contributed by atoms with Gasteiger partial charge in [-0.1, -0.05) is 11.3 Å². The van der Waals surface area contributed by atoms with E-state index in [4.69, 9.17) is 5.73 Å². The number of thiazole rings is 1. The number of imidazole rings is 1. The van der Waals surface area contributed by atoms with Gasteiger partial charge in [-0.15, -0.1) is 0 Å². The first-order chi connectivity index (χ1) is 8.13. The molecule has 0 aliphatic rings. The van der Waals surface area contributed by atoms with Gasteiger partial charge in [-0.05, 0) is 28.9 Å². The van der Waals surface area contributed by atoms with Crippen LogP contribution in [0.1, 0.15) is 5.69 Å². The van der Waals surface area contributed by atoms with Crippen LogP contribution in [-0.4, -0.2) is 19.9 Å². The molecular formula is C10H8BrN5S. The Labute approximate surface area is 109 Å². The van der Waals surface area contributed by atoms with Gasteiger partial charge in [0.15, 0.2) is 16.6 Å². The molecule has 0 unspecified atom stereocenters. The smallest absolute Gasteiger partial charge is 0.180 e. The highest BCUT2D eigenvalue weighted by Gasteiger charge is 2.12. The first kappa shape index (κ1) is 10.7. The molecule has 0 bridgehead atoms. The number of nitrogens with zero attached hydrogens (tertiary/aromatic N) is 3. The van der Waals surface area contributed by atoms with Crippen molar-refractivity contribution in [3.63, 3.8) is 0 Å². The van der Waals surface area contributed by atoms with Crippen molar-refractivity contribution in [1.29, 1.82) is 0 Å². The maximum atomic E-state index is 5.68. The topological polar surface area (TPSA) is 80.5 Å². The molecule has 0 atom stereocenters. The fourth-order valence-corrected chi connectivity index (χ4v) is 2.73. The van der Waals surface area contributed by atoms with E-state index in [0.717, 1.165) is 26.4 Å². The molecule has 17 heavy (non-hydrogen) atoms. The molecule has 0 saturated carbocycles. The van der Waals surface area contributed by atoms with E-state index in [-0.39, 0.29) is 0 Å². The van der Waals surface area contributed by atoms with Crippen LogP contribution in [0.4, 0.5) is 5.13 Å². The molecule has 7 heteroatoms. The van der Waals surface area contributed by atoms with Crippen LogP contribution in [-0.2, 0) is 0 Å². The lowest BCUT2D eigenvalue weighted by atomic mass is 10.4. The summed E-state index contributed by atoms with van der Waals surface area (Å²) in [5.41, 5.74) is 8.14. The van der Waals surface area contributed by atoms with E-state index in [0.29, 0.717) is 10.8 Å². The van der Waals surface area contributed by atoms with E-state index < -0.39 is 0 Å². The van der Waals surface area contributed by atoms with Crippen LogP contribution in [0.2, 0.25) is 0 Å². The number of nitrogens with two attached hydrogens (primary N) is 1. The molecule has 0 spiro atoms. The van der Waals surface area contributed by atoms with Crippen molar-refractivity contribution in [3.05, 3.63) is 22.4 Å². The van der Waals surface area contributed by atoms with Crippen molar-refractivity contribution < 1.29 is 0 Å². The fraction of sp³-hybridized carbons (Fsp3) is 0.100. The van der Waals surface area contributed by atoms with Crippen molar-refractivity contribution in [1.82, 2.24) is 19.9 Å². The lowest BCUT2D eigenvalue weighted by Gasteiger charge is -1.89. The summed E-state index contributed by atoms with van der Waals surface area (Å²) >= 11 is 4.80. The quantitative estimate of drug-likeness (QED) is 0.724. The molecule has 0 aliphatic heterocycles. The SMILES string of the molecule is Cc1nc(N)sc1-c1nc2ncc(Br)cc2[nH]1. The van der Waals surface area contributed by atoms with Crippen LogP contribution >= 0.6 is 27.3 Å². The highest BCUT2D eigenvalue weighted by atomic mass is 79.9. The molecule has 3 heterocycles. The first-order valence-corrected chi connectivity index (χ1v) is 6.49. The summed E-state index contributed by atoms with van der Waals surface area (Å²) in [6.07, 6.45) is 1.72. The third-order valence-corrected chi connectivity index (χ3v) is 3.76. The number of aryl methyl sites for hydroxylation is 1. The Morgan fingerprint density at radius 3 is 2.94 bits per heavy atom. The Bertz CT molecular complexity index is 702. The normalized spacial score (nSPS) is 11.2. The van der Waals surface area contributed by atoms with Gasteiger partial charge >= 0.3 is 0 Å². The predicted molar refractivity (Wildman–Crippen MR) is 71.8 cm³/mol. The monoisotopic (exact) mass is 309 g/mol. The number of halogens is 1. The van der Waals surface area contributed by atoms with Crippen LogP contribution in [0.25, 0.3) is 21.9 Å². The molecule has 0 aromatic carbocycles. The minimum atomic E-state index is 0.548. The molecule has 0 radical (unpaired) electrons. The number of nitrogen functional groups attached to an aromatic ring is 1. The summed E-state index contributed by atoms with van der Waals surface area (Å²) in [5, 5.41) is 0.548. The second kappa shape index (κ2) is 3.78. The molecule has 0 amide bonds. The van der Waals surface area contributed by atoms with E-state index in [1.807, 2.05) is 13.0 Å². The number of aromatic amines is 1. The lowest BCUT2D eigenvalue weighted by molar-refractivity contribution is 1.24. The third-order valence-electron chi connectivity index (χ3n) is 2.33. The number of aromatic nitrogens is 4. The third kappa shape index (κ3) is 1.81. The summed E-state index contributed by atoms with van der Waals surface area (Å²) in [7, 11) is 0. The number of nitrogens with one attached hydrogen (secondary N) is 1. The van der Waals surface area contributed by atoms with Crippen molar-refractivity contribution in [3.8, 4) is 10.7 Å². The van der Waals surface area contributed by atoms with Crippen LogP contribution in [0.15, 0.2) is 16.7 Å². The van der Waals surface area contributed by atoms with E-state index >= 15 is 0 Å². The Kier molecular flexibility index (Phi) is 2.37. The Morgan fingerprint density at radius 1 is 1.41 bits per heavy atom. The van der Waals surface area contributed by atoms with E-state index in [9.17, 15) is 0 Å². The van der Waals surface area contributed by atoms with Gasteiger partial charge in [0, 0.05) is 10.7 Å². The van der Waals surface area contributed by atoms with Crippen LogP contribution in [0, 0.1) is 6.92 Å². The summed E-state index contributed by atoms with van der Waals surface area (Å²) in [5.74, 6) is 0.761. The second-order valence-electron chi connectivity index (χ2n) is 3.58. The minimum absolute atomic E-state index is 0.548. The molecule has 3 aromatic heterocycles. The van der Waals surface area contributed by atoms with Gasteiger partial charge in [0.25, 0.3) is 0 Å². The van der Waals surface area contributed by atoms with Crippen molar-refractivity contribution in [2.45, 2.75) is 6.92 Å². The van der Waals surface area contributed by atoms with E-state index in [2.05, 4.69) is 35.9 Å². The summed E-state index contributed by atoms with van der Waals surface area (Å²) in [4.78, 5) is 17.0. The standard InChI is InChI=1S/C10H8BrN5S/c1-4-7(17-10(12)14-4)9-15-6-2-5(11)3-13-8(6)16-9/h2-3H,1H3,(H2,12,14)(H,13,15,16). The van der Waals surface area contributed by atoms with Crippen molar-refractivity contribution in [2.75, 3.05) is 5.73 Å². The molecule has 0 saturated heterocycles. The predicted octanol–water partition coefficient (Wildman–Crippen LogP) is 2.73. The summed E-state index contributed by atoms with van der Waals surface area (Å²) in [6.45, 7) is 1.92. The molecule has 5 nitrogen and oxygen atoms in total. The summed E-state index contributed by atoms with van der Waals surface area (Å²) < 4.78 is 0.917. The molecular weight excluding hydrogens is 302 g/mol. The zero-order chi connectivity index (χ0) is 12.0. The Hall–Kier alpha value is -1.47. The molecule has 3 rings (SSSR count). The zero-order valence-corrected chi connectivity index (χ0v) is 11.3. The number of hydrogen-bond acceptors (Lipinski definition) is 5. The van der Waals surface area contributed by atoms with Gasteiger partial charge in [-0.25, -0.2) is 15.0 Å². The Morgan fingerprint density at radius 2 is 2.24 bits per heavy atom. The summed E-state index contributed by atoms with van der Waals surface area (Å²) in [6, 6.07) is 1.94. The molecule has 3 N–H and O–H groups in total. The van der Waals surface area contributed by atoms with Gasteiger partial charge in [-0.3, -0.25) is 0 Å². The van der Waals surface area contributed by atoms with E-state index in [1.165, 1.54) is 11.3 Å². The maximum absolute atomic E-state index is 5.68. The van der Waals surface area contributed by atoms with Gasteiger partial charge in [-0.2, -0.15) is 0 Å². The second-order valence-corrected chi connectivity index (χ2v) is 5.52. The van der Waals surface area contributed by atoms with Gasteiger partial charge in [0.05, 0.1) is 16.1 Å². The molecule has 0 aliphatic carbocycles. The largest absolute Gasteiger partial charge is 0.375 e. The number of H-pyrrole nitrogens is 1. The number of pyridine rings is 1. The fourth-order valence-electron chi connectivity index (χ4n) is 1.62. The first-order valence-electron chi connectivity index (χ1n) is 4.88. The molecule has 86 valence electrons. The number of fused-ring (bicyclic) bond motifs is 1. The van der Waals surface area contributed by atoms with Crippen LogP contribution < -0.4 is 5.73 Å². The van der Waals surface area contributed by atoms with Crippen molar-refractivity contribution >= 4 is 43.6 Å². The minimum Gasteiger partial charge on any atom is -0.375 e. The Balaban J connectivity index is 2.21. The van der Waals surface area contributed by atoms with E-state index in [1.54, 1.807) is 6.20 Å². The number of rotatable bonds is 1. The number of hydrogen-bond donors (Lipinski definition) is 2. The van der Waals surface area contributed by atoms with Gasteiger partial charge < -0.3 is 10.7 Å². The lowest BCUT2D eigenvalue weighted by Crippen LogP contribution is -1.81. The van der Waals surface area contributed by atoms with Crippen molar-refractivity contribution in [2.24, 2.45) is 0 Å². The zero-order valence-electron chi connectivity index (χ0n) is 8.86. The van der Waals surface area contributed by atoms with Crippen LogP contribution in [0.5, 0.6) is 0 Å². The average molecular weight is 310 g/mol. The van der Waals surface area contributed by atoms with Crippen LogP contribution in [0.3, 0.4) is 0 Å². The maximum Gasteiger partial charge on any atom is 0.180 e. The average Bonchev–Trinajstić information content (AvgIpc) is 2.80. The highest BCUT2D eigenvalue weighted by molar-refractivity contribution is 9.10. The van der Waals surface area contributed by atoms with Gasteiger partial charge in [0.1, 0.15) is 0 Å².